The molecular weight excluding hydrogens is 330 g/mol. The summed E-state index contributed by atoms with van der Waals surface area (Å²) in [5, 5.41) is 8.36. The third-order valence-corrected chi connectivity index (χ3v) is 4.45. The molecule has 26 heavy (non-hydrogen) atoms. The van der Waals surface area contributed by atoms with E-state index < -0.39 is 0 Å². The zero-order valence-corrected chi connectivity index (χ0v) is 15.9. The number of ether oxygens (including phenoxy) is 1. The van der Waals surface area contributed by atoms with Crippen LogP contribution in [-0.2, 0) is 0 Å². The molecule has 3 aromatic rings. The molecule has 0 aliphatic carbocycles. The van der Waals surface area contributed by atoms with Gasteiger partial charge in [-0.3, -0.25) is 4.79 Å². The Kier molecular flexibility index (Phi) is 4.97. The van der Waals surface area contributed by atoms with E-state index in [1.54, 1.807) is 0 Å². The van der Waals surface area contributed by atoms with Gasteiger partial charge in [0.15, 0.2) is 0 Å². The van der Waals surface area contributed by atoms with Gasteiger partial charge >= 0.3 is 0 Å². The van der Waals surface area contributed by atoms with E-state index in [1.807, 2.05) is 57.5 Å². The van der Waals surface area contributed by atoms with Crippen molar-refractivity contribution in [2.45, 2.75) is 40.7 Å². The summed E-state index contributed by atoms with van der Waals surface area (Å²) in [4.78, 5) is 20.2. The van der Waals surface area contributed by atoms with Gasteiger partial charge in [-0.1, -0.05) is 0 Å². The van der Waals surface area contributed by atoms with E-state index in [9.17, 15) is 4.79 Å². The van der Waals surface area contributed by atoms with Gasteiger partial charge in [-0.05, 0) is 58.4 Å². The van der Waals surface area contributed by atoms with Crippen LogP contribution in [0.1, 0.15) is 47.6 Å². The zero-order valence-electron chi connectivity index (χ0n) is 15.9. The molecule has 1 atom stereocenters. The summed E-state index contributed by atoms with van der Waals surface area (Å²) >= 11 is 0. The standard InChI is InChI=1S/C19H25N5O2/c1-6-26-15-7-8-17-16(9-15)12(3)18(22-17)19(25)20-10-11(2)24-14(5)21-13(4)23-24/h7-9,11,22H,6,10H2,1-5H3,(H,20,25). The van der Waals surface area contributed by atoms with Gasteiger partial charge < -0.3 is 15.0 Å². The predicted molar refractivity (Wildman–Crippen MR) is 101 cm³/mol. The van der Waals surface area contributed by atoms with Crippen molar-refractivity contribution < 1.29 is 9.53 Å². The van der Waals surface area contributed by atoms with E-state index in [-0.39, 0.29) is 11.9 Å². The lowest BCUT2D eigenvalue weighted by atomic mass is 10.1. The number of nitrogens with zero attached hydrogens (tertiary/aromatic N) is 3. The number of aryl methyl sites for hydroxylation is 3. The van der Waals surface area contributed by atoms with Crippen LogP contribution in [0.25, 0.3) is 10.9 Å². The van der Waals surface area contributed by atoms with E-state index in [0.717, 1.165) is 33.9 Å². The number of H-pyrrole nitrogens is 1. The number of carbonyl (C=O) groups is 1. The molecule has 0 aliphatic heterocycles. The Bertz CT molecular complexity index is 941. The minimum atomic E-state index is -0.127. The molecule has 7 nitrogen and oxygen atoms in total. The van der Waals surface area contributed by atoms with E-state index in [2.05, 4.69) is 20.4 Å². The monoisotopic (exact) mass is 355 g/mol. The molecule has 0 saturated carbocycles. The van der Waals surface area contributed by atoms with Gasteiger partial charge in [-0.15, -0.1) is 0 Å². The quantitative estimate of drug-likeness (QED) is 0.712. The molecule has 0 spiro atoms. The number of aromatic amines is 1. The summed E-state index contributed by atoms with van der Waals surface area (Å²) in [6.45, 7) is 10.8. The fourth-order valence-electron chi connectivity index (χ4n) is 3.16. The molecule has 3 rings (SSSR count). The second kappa shape index (κ2) is 7.19. The third kappa shape index (κ3) is 3.42. The van der Waals surface area contributed by atoms with Crippen LogP contribution in [-0.4, -0.2) is 38.8 Å². The SMILES string of the molecule is CCOc1ccc2[nH]c(C(=O)NCC(C)n3nc(C)nc3C)c(C)c2c1. The van der Waals surface area contributed by atoms with Gasteiger partial charge in [0.25, 0.3) is 5.91 Å². The number of nitrogens with one attached hydrogen (secondary N) is 2. The first-order valence-corrected chi connectivity index (χ1v) is 8.83. The van der Waals surface area contributed by atoms with Gasteiger partial charge in [-0.25, -0.2) is 9.67 Å². The van der Waals surface area contributed by atoms with Crippen molar-refractivity contribution in [3.8, 4) is 5.75 Å². The molecule has 2 heterocycles. The van der Waals surface area contributed by atoms with Gasteiger partial charge in [0.2, 0.25) is 0 Å². The average molecular weight is 355 g/mol. The zero-order chi connectivity index (χ0) is 18.8. The maximum absolute atomic E-state index is 12.7. The Morgan fingerprint density at radius 1 is 1.35 bits per heavy atom. The number of carbonyl (C=O) groups excluding carboxylic acids is 1. The molecule has 0 fully saturated rings. The maximum atomic E-state index is 12.7. The number of amides is 1. The third-order valence-electron chi connectivity index (χ3n) is 4.45. The summed E-state index contributed by atoms with van der Waals surface area (Å²) in [5.74, 6) is 2.25. The maximum Gasteiger partial charge on any atom is 0.268 e. The van der Waals surface area contributed by atoms with Crippen LogP contribution in [0, 0.1) is 20.8 Å². The predicted octanol–water partition coefficient (Wildman–Crippen LogP) is 3.07. The Labute approximate surface area is 152 Å². The van der Waals surface area contributed by atoms with Crippen LogP contribution >= 0.6 is 0 Å². The summed E-state index contributed by atoms with van der Waals surface area (Å²) in [6.07, 6.45) is 0. The molecule has 0 bridgehead atoms. The lowest BCUT2D eigenvalue weighted by Crippen LogP contribution is -2.31. The highest BCUT2D eigenvalue weighted by Gasteiger charge is 2.17. The summed E-state index contributed by atoms with van der Waals surface area (Å²) in [7, 11) is 0. The number of benzene rings is 1. The van der Waals surface area contributed by atoms with Gasteiger partial charge in [0, 0.05) is 17.4 Å². The fourth-order valence-corrected chi connectivity index (χ4v) is 3.16. The summed E-state index contributed by atoms with van der Waals surface area (Å²) in [6, 6.07) is 5.83. The lowest BCUT2D eigenvalue weighted by molar-refractivity contribution is 0.0943. The first kappa shape index (κ1) is 18.0. The molecule has 2 N–H and O–H groups in total. The molecule has 0 saturated heterocycles. The first-order valence-electron chi connectivity index (χ1n) is 8.83. The second-order valence-corrected chi connectivity index (χ2v) is 6.48. The van der Waals surface area contributed by atoms with Gasteiger partial charge in [0.1, 0.15) is 23.1 Å². The number of hydrogen-bond acceptors (Lipinski definition) is 4. The van der Waals surface area contributed by atoms with Crippen molar-refractivity contribution in [1.29, 1.82) is 0 Å². The van der Waals surface area contributed by atoms with E-state index >= 15 is 0 Å². The van der Waals surface area contributed by atoms with Crippen molar-refractivity contribution in [2.24, 2.45) is 0 Å². The number of fused-ring (bicyclic) bond motifs is 1. The molecule has 0 radical (unpaired) electrons. The summed E-state index contributed by atoms with van der Waals surface area (Å²) < 4.78 is 7.39. The molecular formula is C19H25N5O2. The van der Waals surface area contributed by atoms with E-state index in [0.29, 0.717) is 18.8 Å². The second-order valence-electron chi connectivity index (χ2n) is 6.48. The first-order chi connectivity index (χ1) is 12.4. The minimum absolute atomic E-state index is 0.0226. The normalized spacial score (nSPS) is 12.3. The van der Waals surface area contributed by atoms with Crippen LogP contribution in [0.5, 0.6) is 5.75 Å². The fraction of sp³-hybridized carbons (Fsp3) is 0.421. The Morgan fingerprint density at radius 3 is 2.77 bits per heavy atom. The molecule has 1 unspecified atom stereocenters. The topological polar surface area (TPSA) is 84.8 Å². The number of hydrogen-bond donors (Lipinski definition) is 2. The minimum Gasteiger partial charge on any atom is -0.494 e. The van der Waals surface area contributed by atoms with E-state index in [1.165, 1.54) is 0 Å². The Hall–Kier alpha value is -2.83. The van der Waals surface area contributed by atoms with Gasteiger partial charge in [0.05, 0.1) is 12.6 Å². The van der Waals surface area contributed by atoms with Crippen LogP contribution in [0.4, 0.5) is 0 Å². The molecule has 1 aromatic carbocycles. The highest BCUT2D eigenvalue weighted by atomic mass is 16.5. The van der Waals surface area contributed by atoms with Crippen LogP contribution in [0.2, 0.25) is 0 Å². The van der Waals surface area contributed by atoms with Gasteiger partial charge in [-0.2, -0.15) is 5.10 Å². The van der Waals surface area contributed by atoms with Crippen molar-refractivity contribution >= 4 is 16.8 Å². The Balaban J connectivity index is 1.75. The lowest BCUT2D eigenvalue weighted by Gasteiger charge is -2.14. The van der Waals surface area contributed by atoms with E-state index in [4.69, 9.17) is 4.74 Å². The number of rotatable bonds is 6. The largest absolute Gasteiger partial charge is 0.494 e. The van der Waals surface area contributed by atoms with Crippen LogP contribution < -0.4 is 10.1 Å². The average Bonchev–Trinajstić information content (AvgIpc) is 3.12. The highest BCUT2D eigenvalue weighted by molar-refractivity contribution is 6.01. The van der Waals surface area contributed by atoms with Crippen LogP contribution in [0.15, 0.2) is 18.2 Å². The summed E-state index contributed by atoms with van der Waals surface area (Å²) in [5.41, 5.74) is 2.42. The number of aromatic nitrogens is 4. The van der Waals surface area contributed by atoms with Crippen molar-refractivity contribution in [1.82, 2.24) is 25.1 Å². The molecule has 7 heteroatoms. The van der Waals surface area contributed by atoms with Crippen molar-refractivity contribution in [3.05, 3.63) is 41.1 Å². The molecule has 2 aromatic heterocycles. The molecule has 0 aliphatic rings. The Morgan fingerprint density at radius 2 is 2.12 bits per heavy atom. The molecule has 1 amide bonds. The smallest absolute Gasteiger partial charge is 0.268 e. The highest BCUT2D eigenvalue weighted by Crippen LogP contribution is 2.26. The van der Waals surface area contributed by atoms with Crippen molar-refractivity contribution in [3.63, 3.8) is 0 Å². The van der Waals surface area contributed by atoms with Crippen molar-refractivity contribution in [2.75, 3.05) is 13.2 Å². The molecule has 138 valence electrons. The van der Waals surface area contributed by atoms with Crippen LogP contribution in [0.3, 0.4) is 0 Å².